The zero-order valence-corrected chi connectivity index (χ0v) is 12.5. The summed E-state index contributed by atoms with van der Waals surface area (Å²) in [5, 5.41) is 1.04. The Hall–Kier alpha value is -0.550. The van der Waals surface area contributed by atoms with Gasteiger partial charge in [-0.3, -0.25) is 0 Å². The molecule has 0 radical (unpaired) electrons. The normalized spacial score (nSPS) is 11.6. The van der Waals surface area contributed by atoms with E-state index in [-0.39, 0.29) is 6.10 Å². The second-order valence-electron chi connectivity index (χ2n) is 4.28. The van der Waals surface area contributed by atoms with E-state index in [1.165, 1.54) is 0 Å². The number of rotatable bonds is 4. The van der Waals surface area contributed by atoms with Gasteiger partial charge in [-0.2, -0.15) is 0 Å². The summed E-state index contributed by atoms with van der Waals surface area (Å²) < 4.78 is 8.15. The molecule has 1 aromatic heterocycles. The molecule has 0 unspecified atom stereocenters. The van der Waals surface area contributed by atoms with Crippen LogP contribution in [0.5, 0.6) is 0 Å². The SMILES string of the molecule is CC(C)OCCn1c(=S)[nH]c2cc(Cl)c(Cl)cc21. The molecule has 2 rings (SSSR count). The highest BCUT2D eigenvalue weighted by Gasteiger charge is 2.08. The smallest absolute Gasteiger partial charge is 0.178 e. The molecule has 2 aromatic rings. The van der Waals surface area contributed by atoms with E-state index in [0.29, 0.717) is 28.0 Å². The fourth-order valence-corrected chi connectivity index (χ4v) is 2.37. The summed E-state index contributed by atoms with van der Waals surface area (Å²) in [6.45, 7) is 5.31. The maximum absolute atomic E-state index is 6.03. The molecule has 0 saturated heterocycles. The molecule has 1 aromatic carbocycles. The lowest BCUT2D eigenvalue weighted by molar-refractivity contribution is 0.0731. The minimum atomic E-state index is 0.211. The summed E-state index contributed by atoms with van der Waals surface area (Å²) in [6.07, 6.45) is 0.211. The Kier molecular flexibility index (Phi) is 4.33. The van der Waals surface area contributed by atoms with Gasteiger partial charge in [0.05, 0.1) is 33.8 Å². The molecule has 18 heavy (non-hydrogen) atoms. The molecule has 1 heterocycles. The van der Waals surface area contributed by atoms with E-state index < -0.39 is 0 Å². The summed E-state index contributed by atoms with van der Waals surface area (Å²) in [5.74, 6) is 0. The minimum Gasteiger partial charge on any atom is -0.377 e. The fraction of sp³-hybridized carbons (Fsp3) is 0.417. The number of halogens is 2. The summed E-state index contributed by atoms with van der Waals surface area (Å²) in [4.78, 5) is 3.11. The first-order chi connectivity index (χ1) is 8.49. The van der Waals surface area contributed by atoms with Crippen molar-refractivity contribution in [1.29, 1.82) is 0 Å². The zero-order chi connectivity index (χ0) is 13.3. The molecule has 0 aliphatic heterocycles. The van der Waals surface area contributed by atoms with Gasteiger partial charge in [0.25, 0.3) is 0 Å². The molecule has 0 spiro atoms. The van der Waals surface area contributed by atoms with E-state index in [1.54, 1.807) is 6.07 Å². The first kappa shape index (κ1) is 13.9. The third-order valence-corrected chi connectivity index (χ3v) is 3.63. The fourth-order valence-electron chi connectivity index (χ4n) is 1.75. The second-order valence-corrected chi connectivity index (χ2v) is 5.49. The number of ether oxygens (including phenoxy) is 1. The van der Waals surface area contributed by atoms with E-state index in [2.05, 4.69) is 4.98 Å². The van der Waals surface area contributed by atoms with Crippen molar-refractivity contribution in [1.82, 2.24) is 9.55 Å². The number of nitrogens with zero attached hydrogens (tertiary/aromatic N) is 1. The molecule has 3 nitrogen and oxygen atoms in total. The molecule has 0 aliphatic rings. The number of nitrogens with one attached hydrogen (secondary N) is 1. The van der Waals surface area contributed by atoms with Crippen LogP contribution in [0.3, 0.4) is 0 Å². The van der Waals surface area contributed by atoms with Crippen LogP contribution in [0.15, 0.2) is 12.1 Å². The van der Waals surface area contributed by atoms with Gasteiger partial charge in [0, 0.05) is 6.54 Å². The van der Waals surface area contributed by atoms with Crippen molar-refractivity contribution >= 4 is 46.5 Å². The molecule has 0 amide bonds. The number of imidazole rings is 1. The Labute approximate surface area is 121 Å². The van der Waals surface area contributed by atoms with Crippen LogP contribution in [-0.4, -0.2) is 22.3 Å². The molecule has 1 N–H and O–H groups in total. The standard InChI is InChI=1S/C12H14Cl2N2OS/c1-7(2)17-4-3-16-11-6-9(14)8(13)5-10(11)15-12(16)18/h5-7H,3-4H2,1-2H3,(H,15,18). The quantitative estimate of drug-likeness (QED) is 0.847. The van der Waals surface area contributed by atoms with Gasteiger partial charge >= 0.3 is 0 Å². The van der Waals surface area contributed by atoms with Gasteiger partial charge in [0.15, 0.2) is 4.77 Å². The maximum atomic E-state index is 6.03. The number of H-pyrrole nitrogens is 1. The largest absolute Gasteiger partial charge is 0.377 e. The average molecular weight is 305 g/mol. The van der Waals surface area contributed by atoms with Gasteiger partial charge in [-0.05, 0) is 38.2 Å². The van der Waals surface area contributed by atoms with E-state index in [9.17, 15) is 0 Å². The van der Waals surface area contributed by atoms with E-state index in [0.717, 1.165) is 11.0 Å². The van der Waals surface area contributed by atoms with Crippen LogP contribution >= 0.6 is 35.4 Å². The molecule has 0 saturated carbocycles. The highest BCUT2D eigenvalue weighted by atomic mass is 35.5. The lowest BCUT2D eigenvalue weighted by Gasteiger charge is -2.09. The minimum absolute atomic E-state index is 0.211. The molecule has 98 valence electrons. The van der Waals surface area contributed by atoms with Gasteiger partial charge < -0.3 is 14.3 Å². The third kappa shape index (κ3) is 2.88. The van der Waals surface area contributed by atoms with Gasteiger partial charge in [0.1, 0.15) is 0 Å². The van der Waals surface area contributed by atoms with E-state index in [1.807, 2.05) is 24.5 Å². The number of aromatic amines is 1. The van der Waals surface area contributed by atoms with Crippen molar-refractivity contribution in [2.45, 2.75) is 26.5 Å². The Bertz CT molecular complexity index is 618. The molecular weight excluding hydrogens is 291 g/mol. The Morgan fingerprint density at radius 3 is 2.67 bits per heavy atom. The van der Waals surface area contributed by atoms with Gasteiger partial charge in [-0.15, -0.1) is 0 Å². The first-order valence-electron chi connectivity index (χ1n) is 5.68. The summed E-state index contributed by atoms with van der Waals surface area (Å²) in [5.41, 5.74) is 1.83. The third-order valence-electron chi connectivity index (χ3n) is 2.58. The first-order valence-corrected chi connectivity index (χ1v) is 6.84. The van der Waals surface area contributed by atoms with Crippen molar-refractivity contribution in [2.24, 2.45) is 0 Å². The highest BCUT2D eigenvalue weighted by Crippen LogP contribution is 2.27. The van der Waals surface area contributed by atoms with Gasteiger partial charge in [0.2, 0.25) is 0 Å². The van der Waals surface area contributed by atoms with E-state index >= 15 is 0 Å². The van der Waals surface area contributed by atoms with Gasteiger partial charge in [-0.25, -0.2) is 0 Å². The van der Waals surface area contributed by atoms with Crippen molar-refractivity contribution in [3.63, 3.8) is 0 Å². The number of benzene rings is 1. The maximum Gasteiger partial charge on any atom is 0.178 e. The molecule has 0 atom stereocenters. The topological polar surface area (TPSA) is 29.9 Å². The monoisotopic (exact) mass is 304 g/mol. The van der Waals surface area contributed by atoms with Crippen molar-refractivity contribution in [3.05, 3.63) is 26.9 Å². The van der Waals surface area contributed by atoms with E-state index in [4.69, 9.17) is 40.2 Å². The Balaban J connectivity index is 2.35. The van der Waals surface area contributed by atoms with Crippen LogP contribution in [0.25, 0.3) is 11.0 Å². The lowest BCUT2D eigenvalue weighted by Crippen LogP contribution is -2.10. The number of fused-ring (bicyclic) bond motifs is 1. The average Bonchev–Trinajstić information content (AvgIpc) is 2.56. The Morgan fingerprint density at radius 1 is 1.33 bits per heavy atom. The molecule has 0 fully saturated rings. The van der Waals surface area contributed by atoms with Crippen LogP contribution in [0, 0.1) is 4.77 Å². The summed E-state index contributed by atoms with van der Waals surface area (Å²) >= 11 is 17.3. The molecule has 6 heteroatoms. The number of hydrogen-bond acceptors (Lipinski definition) is 2. The molecular formula is C12H14Cl2N2OS. The van der Waals surface area contributed by atoms with Crippen LogP contribution < -0.4 is 0 Å². The van der Waals surface area contributed by atoms with Crippen LogP contribution in [0.4, 0.5) is 0 Å². The number of aromatic nitrogens is 2. The van der Waals surface area contributed by atoms with Gasteiger partial charge in [-0.1, -0.05) is 23.2 Å². The Morgan fingerprint density at radius 2 is 2.00 bits per heavy atom. The summed E-state index contributed by atoms with van der Waals surface area (Å²) in [7, 11) is 0. The van der Waals surface area contributed by atoms with Crippen molar-refractivity contribution in [2.75, 3.05) is 6.61 Å². The molecule has 0 aliphatic carbocycles. The molecule has 0 bridgehead atoms. The predicted molar refractivity (Wildman–Crippen MR) is 78.2 cm³/mol. The predicted octanol–water partition coefficient (Wildman–Crippen LogP) is 4.43. The zero-order valence-electron chi connectivity index (χ0n) is 10.2. The lowest BCUT2D eigenvalue weighted by atomic mass is 10.3. The van der Waals surface area contributed by atoms with Crippen LogP contribution in [0.2, 0.25) is 10.0 Å². The van der Waals surface area contributed by atoms with Crippen molar-refractivity contribution in [3.8, 4) is 0 Å². The summed E-state index contributed by atoms with van der Waals surface area (Å²) in [6, 6.07) is 3.61. The number of hydrogen-bond donors (Lipinski definition) is 1. The second kappa shape index (κ2) is 5.61. The highest BCUT2D eigenvalue weighted by molar-refractivity contribution is 7.71. The van der Waals surface area contributed by atoms with Crippen molar-refractivity contribution < 1.29 is 4.74 Å². The van der Waals surface area contributed by atoms with Crippen LogP contribution in [-0.2, 0) is 11.3 Å². The van der Waals surface area contributed by atoms with Crippen LogP contribution in [0.1, 0.15) is 13.8 Å².